The Bertz CT molecular complexity index is 566. The number of aliphatic imine (C=N–C) groups is 1. The lowest BCUT2D eigenvalue weighted by molar-refractivity contribution is 0.0168. The Morgan fingerprint density at radius 3 is 2.89 bits per heavy atom. The topological polar surface area (TPSA) is 71.0 Å². The standard InChI is InChI=1S/C20H33N5O2/c1-21-20(22-9-5-12-26-16-18-6-4-13-27-18)24-15-17-7-8-19(23-14-17)25-10-2-3-11-25/h7-8,14,18H,2-6,9-13,15-16H2,1H3,(H2,21,22,24). The van der Waals surface area contributed by atoms with Crippen molar-refractivity contribution in [2.45, 2.75) is 44.8 Å². The molecule has 7 heteroatoms. The molecule has 2 fully saturated rings. The smallest absolute Gasteiger partial charge is 0.191 e. The fourth-order valence-electron chi connectivity index (χ4n) is 3.43. The van der Waals surface area contributed by atoms with Gasteiger partial charge in [-0.15, -0.1) is 0 Å². The van der Waals surface area contributed by atoms with Crippen molar-refractivity contribution < 1.29 is 9.47 Å². The maximum Gasteiger partial charge on any atom is 0.191 e. The van der Waals surface area contributed by atoms with Crippen LogP contribution < -0.4 is 15.5 Å². The fraction of sp³-hybridized carbons (Fsp3) is 0.700. The molecule has 2 N–H and O–H groups in total. The Labute approximate surface area is 162 Å². The largest absolute Gasteiger partial charge is 0.379 e. The van der Waals surface area contributed by atoms with Gasteiger partial charge in [0.2, 0.25) is 0 Å². The number of guanidine groups is 1. The van der Waals surface area contributed by atoms with Crippen molar-refractivity contribution >= 4 is 11.8 Å². The van der Waals surface area contributed by atoms with Crippen molar-refractivity contribution in [2.75, 3.05) is 51.4 Å². The molecule has 3 heterocycles. The molecule has 7 nitrogen and oxygen atoms in total. The number of hydrogen-bond acceptors (Lipinski definition) is 5. The minimum Gasteiger partial charge on any atom is -0.379 e. The summed E-state index contributed by atoms with van der Waals surface area (Å²) in [5.74, 6) is 1.89. The summed E-state index contributed by atoms with van der Waals surface area (Å²) >= 11 is 0. The van der Waals surface area contributed by atoms with E-state index in [9.17, 15) is 0 Å². The predicted molar refractivity (Wildman–Crippen MR) is 108 cm³/mol. The Hall–Kier alpha value is -1.86. The first-order valence-corrected chi connectivity index (χ1v) is 10.2. The Balaban J connectivity index is 1.28. The zero-order valence-electron chi connectivity index (χ0n) is 16.5. The quantitative estimate of drug-likeness (QED) is 0.390. The van der Waals surface area contributed by atoms with Crippen molar-refractivity contribution in [2.24, 2.45) is 4.99 Å². The van der Waals surface area contributed by atoms with Crippen molar-refractivity contribution in [1.29, 1.82) is 0 Å². The van der Waals surface area contributed by atoms with Gasteiger partial charge in [-0.25, -0.2) is 4.98 Å². The first-order chi connectivity index (χ1) is 13.3. The Kier molecular flexibility index (Phi) is 8.17. The number of hydrogen-bond donors (Lipinski definition) is 2. The van der Waals surface area contributed by atoms with E-state index in [0.29, 0.717) is 19.3 Å². The second-order valence-corrected chi connectivity index (χ2v) is 7.13. The predicted octanol–water partition coefficient (Wildman–Crippen LogP) is 1.93. The number of aromatic nitrogens is 1. The molecule has 3 rings (SSSR count). The maximum absolute atomic E-state index is 5.68. The molecule has 0 aromatic carbocycles. The van der Waals surface area contributed by atoms with Gasteiger partial charge in [-0.3, -0.25) is 4.99 Å². The number of nitrogens with one attached hydrogen (secondary N) is 2. The van der Waals surface area contributed by atoms with Crippen LogP contribution in [0.15, 0.2) is 23.3 Å². The van der Waals surface area contributed by atoms with Gasteiger partial charge in [0.25, 0.3) is 0 Å². The zero-order valence-corrected chi connectivity index (χ0v) is 16.5. The second-order valence-electron chi connectivity index (χ2n) is 7.13. The van der Waals surface area contributed by atoms with Gasteiger partial charge < -0.3 is 25.0 Å². The first-order valence-electron chi connectivity index (χ1n) is 10.2. The highest BCUT2D eigenvalue weighted by molar-refractivity contribution is 5.79. The third-order valence-electron chi connectivity index (χ3n) is 5.01. The van der Waals surface area contributed by atoms with Crippen molar-refractivity contribution in [3.05, 3.63) is 23.9 Å². The van der Waals surface area contributed by atoms with Crippen LogP contribution in [0.5, 0.6) is 0 Å². The van der Waals surface area contributed by atoms with E-state index in [1.165, 1.54) is 12.8 Å². The van der Waals surface area contributed by atoms with Crippen LogP contribution in [0.25, 0.3) is 0 Å². The highest BCUT2D eigenvalue weighted by atomic mass is 16.5. The molecule has 150 valence electrons. The molecule has 2 saturated heterocycles. The van der Waals surface area contributed by atoms with Crippen molar-refractivity contribution in [3.8, 4) is 0 Å². The fourth-order valence-corrected chi connectivity index (χ4v) is 3.43. The molecule has 0 spiro atoms. The van der Waals surface area contributed by atoms with Crippen molar-refractivity contribution in [1.82, 2.24) is 15.6 Å². The van der Waals surface area contributed by atoms with Crippen LogP contribution in [0.3, 0.4) is 0 Å². The average molecular weight is 376 g/mol. The molecule has 1 aromatic rings. The van der Waals surface area contributed by atoms with Gasteiger partial charge in [0.05, 0.1) is 12.7 Å². The lowest BCUT2D eigenvalue weighted by atomic mass is 10.2. The van der Waals surface area contributed by atoms with E-state index in [1.807, 2.05) is 6.20 Å². The molecule has 0 amide bonds. The van der Waals surface area contributed by atoms with Gasteiger partial charge in [0.1, 0.15) is 5.82 Å². The molecule has 0 saturated carbocycles. The Morgan fingerprint density at radius 1 is 1.30 bits per heavy atom. The highest BCUT2D eigenvalue weighted by Crippen LogP contribution is 2.17. The van der Waals surface area contributed by atoms with E-state index in [0.717, 1.165) is 69.5 Å². The molecule has 2 aliphatic rings. The van der Waals surface area contributed by atoms with Crippen LogP contribution in [0.4, 0.5) is 5.82 Å². The number of ether oxygens (including phenoxy) is 2. The average Bonchev–Trinajstić information content (AvgIpc) is 3.41. The van der Waals surface area contributed by atoms with E-state index in [2.05, 4.69) is 37.6 Å². The summed E-state index contributed by atoms with van der Waals surface area (Å²) in [6.45, 7) is 6.13. The number of rotatable bonds is 9. The molecule has 0 radical (unpaired) electrons. The zero-order chi connectivity index (χ0) is 18.7. The summed E-state index contributed by atoms with van der Waals surface area (Å²) in [5.41, 5.74) is 1.15. The monoisotopic (exact) mass is 375 g/mol. The molecule has 27 heavy (non-hydrogen) atoms. The first kappa shape index (κ1) is 19.9. The number of anilines is 1. The molecule has 1 unspecified atom stereocenters. The van der Waals surface area contributed by atoms with Crippen LogP contribution >= 0.6 is 0 Å². The van der Waals surface area contributed by atoms with Crippen LogP contribution in [-0.4, -0.2) is 63.6 Å². The van der Waals surface area contributed by atoms with E-state index in [1.54, 1.807) is 7.05 Å². The molecule has 2 aliphatic heterocycles. The highest BCUT2D eigenvalue weighted by Gasteiger charge is 2.15. The molecule has 0 aliphatic carbocycles. The molecular formula is C20H33N5O2. The summed E-state index contributed by atoms with van der Waals surface area (Å²) in [4.78, 5) is 11.2. The molecule has 1 atom stereocenters. The molecular weight excluding hydrogens is 342 g/mol. The summed E-state index contributed by atoms with van der Waals surface area (Å²) in [5, 5.41) is 6.66. The number of nitrogens with zero attached hydrogens (tertiary/aromatic N) is 3. The van der Waals surface area contributed by atoms with Gasteiger partial charge in [-0.1, -0.05) is 6.07 Å². The maximum atomic E-state index is 5.68. The van der Waals surface area contributed by atoms with Gasteiger partial charge in [-0.2, -0.15) is 0 Å². The molecule has 0 bridgehead atoms. The van der Waals surface area contributed by atoms with Crippen molar-refractivity contribution in [3.63, 3.8) is 0 Å². The van der Waals surface area contributed by atoms with Gasteiger partial charge in [0.15, 0.2) is 5.96 Å². The summed E-state index contributed by atoms with van der Waals surface area (Å²) in [7, 11) is 1.79. The van der Waals surface area contributed by atoms with Gasteiger partial charge in [-0.05, 0) is 43.7 Å². The van der Waals surface area contributed by atoms with E-state index < -0.39 is 0 Å². The van der Waals surface area contributed by atoms with Crippen LogP contribution in [-0.2, 0) is 16.0 Å². The van der Waals surface area contributed by atoms with Crippen LogP contribution in [0.2, 0.25) is 0 Å². The normalized spacial score (nSPS) is 20.3. The third-order valence-corrected chi connectivity index (χ3v) is 5.01. The SMILES string of the molecule is CN=C(NCCCOCC1CCCO1)NCc1ccc(N2CCCC2)nc1. The summed E-state index contributed by atoms with van der Waals surface area (Å²) in [6.07, 6.45) is 8.03. The van der Waals surface area contributed by atoms with Crippen LogP contribution in [0.1, 0.15) is 37.7 Å². The summed E-state index contributed by atoms with van der Waals surface area (Å²) < 4.78 is 11.2. The van der Waals surface area contributed by atoms with E-state index in [-0.39, 0.29) is 0 Å². The Morgan fingerprint density at radius 2 is 2.19 bits per heavy atom. The van der Waals surface area contributed by atoms with E-state index >= 15 is 0 Å². The lowest BCUT2D eigenvalue weighted by Gasteiger charge is -2.16. The second kappa shape index (κ2) is 11.1. The van der Waals surface area contributed by atoms with Gasteiger partial charge >= 0.3 is 0 Å². The summed E-state index contributed by atoms with van der Waals surface area (Å²) in [6, 6.07) is 4.25. The minimum absolute atomic E-state index is 0.304. The van der Waals surface area contributed by atoms with Crippen LogP contribution in [0, 0.1) is 0 Å². The van der Waals surface area contributed by atoms with Gasteiger partial charge in [0, 0.05) is 52.6 Å². The third kappa shape index (κ3) is 6.66. The van der Waals surface area contributed by atoms with E-state index in [4.69, 9.17) is 9.47 Å². The number of pyridine rings is 1. The minimum atomic E-state index is 0.304. The lowest BCUT2D eigenvalue weighted by Crippen LogP contribution is -2.37. The molecule has 1 aromatic heterocycles.